The van der Waals surface area contributed by atoms with Crippen molar-refractivity contribution in [2.75, 3.05) is 0 Å². The van der Waals surface area contributed by atoms with Crippen LogP contribution in [0.5, 0.6) is 0 Å². The van der Waals surface area contributed by atoms with E-state index in [4.69, 9.17) is 0 Å². The van der Waals surface area contributed by atoms with Gasteiger partial charge >= 0.3 is 0 Å². The van der Waals surface area contributed by atoms with E-state index in [1.165, 1.54) is 96.6 Å². The summed E-state index contributed by atoms with van der Waals surface area (Å²) >= 11 is 1.89. The third-order valence-corrected chi connectivity index (χ3v) is 10.8. The maximum atomic E-state index is 2.40. The Morgan fingerprint density at radius 1 is 0.289 bits per heavy atom. The Morgan fingerprint density at radius 2 is 0.844 bits per heavy atom. The molecule has 0 spiro atoms. The summed E-state index contributed by atoms with van der Waals surface area (Å²) in [4.78, 5) is 0. The summed E-state index contributed by atoms with van der Waals surface area (Å²) in [6, 6.07) is 58.5. The molecular weight excluding hydrogens is 561 g/mol. The lowest BCUT2D eigenvalue weighted by Gasteiger charge is -2.17. The fourth-order valence-electron chi connectivity index (χ4n) is 7.50. The van der Waals surface area contributed by atoms with Crippen molar-refractivity contribution in [3.63, 3.8) is 0 Å². The Kier molecular flexibility index (Phi) is 5.25. The number of fused-ring (bicyclic) bond motifs is 4. The van der Waals surface area contributed by atoms with Crippen LogP contribution in [0.2, 0.25) is 0 Å². The lowest BCUT2D eigenvalue weighted by molar-refractivity contribution is 1.66. The van der Waals surface area contributed by atoms with E-state index in [1.54, 1.807) is 0 Å². The molecular formula is C44H26S. The average Bonchev–Trinajstić information content (AvgIpc) is 3.48. The highest BCUT2D eigenvalue weighted by molar-refractivity contribution is 7.25. The first-order valence-electron chi connectivity index (χ1n) is 15.5. The molecule has 0 bridgehead atoms. The van der Waals surface area contributed by atoms with Crippen molar-refractivity contribution in [1.29, 1.82) is 0 Å². The summed E-state index contributed by atoms with van der Waals surface area (Å²) in [6.07, 6.45) is 0. The Bertz CT molecular complexity index is 2740. The van der Waals surface area contributed by atoms with E-state index in [9.17, 15) is 0 Å². The van der Waals surface area contributed by atoms with E-state index in [2.05, 4.69) is 158 Å². The van der Waals surface area contributed by atoms with Crippen LogP contribution in [-0.4, -0.2) is 0 Å². The molecule has 1 aromatic heterocycles. The second-order valence-electron chi connectivity index (χ2n) is 12.1. The van der Waals surface area contributed by atoms with E-state index in [0.29, 0.717) is 0 Å². The van der Waals surface area contributed by atoms with Gasteiger partial charge in [0.1, 0.15) is 0 Å². The molecule has 0 aliphatic rings. The first-order chi connectivity index (χ1) is 22.3. The van der Waals surface area contributed by atoms with E-state index < -0.39 is 0 Å². The van der Waals surface area contributed by atoms with E-state index in [1.807, 2.05) is 11.3 Å². The van der Waals surface area contributed by atoms with E-state index >= 15 is 0 Å². The van der Waals surface area contributed by atoms with Gasteiger partial charge in [0.05, 0.1) is 0 Å². The van der Waals surface area contributed by atoms with Gasteiger partial charge in [-0.2, -0.15) is 0 Å². The third kappa shape index (κ3) is 3.72. The Morgan fingerprint density at radius 3 is 1.62 bits per heavy atom. The van der Waals surface area contributed by atoms with Gasteiger partial charge in [-0.25, -0.2) is 0 Å². The molecule has 0 saturated carbocycles. The minimum atomic E-state index is 1.26. The van der Waals surface area contributed by atoms with E-state index in [0.717, 1.165) is 0 Å². The molecule has 0 amide bonds. The zero-order chi connectivity index (χ0) is 29.5. The lowest BCUT2D eigenvalue weighted by atomic mass is 9.86. The van der Waals surface area contributed by atoms with Crippen molar-refractivity contribution in [2.24, 2.45) is 0 Å². The number of hydrogen-bond donors (Lipinski definition) is 0. The van der Waals surface area contributed by atoms with Crippen LogP contribution in [0.25, 0.3) is 96.6 Å². The van der Waals surface area contributed by atoms with Crippen molar-refractivity contribution in [3.8, 4) is 33.4 Å². The maximum absolute atomic E-state index is 2.40. The number of hydrogen-bond acceptors (Lipinski definition) is 1. The van der Waals surface area contributed by atoms with Gasteiger partial charge in [-0.15, -0.1) is 11.3 Å². The molecule has 0 atom stereocenters. The molecule has 1 heteroatoms. The van der Waals surface area contributed by atoms with Gasteiger partial charge in [-0.05, 0) is 88.6 Å². The van der Waals surface area contributed by atoms with Gasteiger partial charge in [-0.3, -0.25) is 0 Å². The molecule has 10 rings (SSSR count). The Labute approximate surface area is 264 Å². The first kappa shape index (κ1) is 24.9. The molecule has 10 aromatic rings. The van der Waals surface area contributed by atoms with E-state index in [-0.39, 0.29) is 0 Å². The summed E-state index contributed by atoms with van der Waals surface area (Å²) in [5.41, 5.74) is 7.67. The van der Waals surface area contributed by atoms with Crippen molar-refractivity contribution in [2.45, 2.75) is 0 Å². The molecule has 0 nitrogen and oxygen atoms in total. The summed E-state index contributed by atoms with van der Waals surface area (Å²) in [6.45, 7) is 0. The standard InChI is InChI=1S/C44H26S/c1-2-7-27(8-3-1)31-17-21-37-38-22-18-32(26-42(38)45-41(37)25-31)34-19-13-29-16-24-40-36(20-14-30-15-23-39(34)43(29)44(30)40)35-12-6-10-28-9-4-5-11-33(28)35/h1-26H. The molecule has 45 heavy (non-hydrogen) atoms. The second-order valence-corrected chi connectivity index (χ2v) is 13.1. The molecule has 208 valence electrons. The van der Waals surface area contributed by atoms with Crippen molar-refractivity contribution in [3.05, 3.63) is 158 Å². The van der Waals surface area contributed by atoms with Gasteiger partial charge in [-0.1, -0.05) is 146 Å². The first-order valence-corrected chi connectivity index (χ1v) is 16.3. The predicted molar refractivity (Wildman–Crippen MR) is 197 cm³/mol. The van der Waals surface area contributed by atoms with Crippen LogP contribution in [0, 0.1) is 0 Å². The van der Waals surface area contributed by atoms with Crippen LogP contribution in [0.15, 0.2) is 158 Å². The van der Waals surface area contributed by atoms with Crippen molar-refractivity contribution < 1.29 is 0 Å². The van der Waals surface area contributed by atoms with Gasteiger partial charge in [0.15, 0.2) is 0 Å². The van der Waals surface area contributed by atoms with Gasteiger partial charge in [0.25, 0.3) is 0 Å². The predicted octanol–water partition coefficient (Wildman–Crippen LogP) is 13.1. The number of thiophene rings is 1. The van der Waals surface area contributed by atoms with Crippen LogP contribution < -0.4 is 0 Å². The average molecular weight is 587 g/mol. The quantitative estimate of drug-likeness (QED) is 0.181. The normalized spacial score (nSPS) is 12.0. The molecule has 0 aliphatic heterocycles. The summed E-state index contributed by atoms with van der Waals surface area (Å²) in [5.74, 6) is 0. The molecule has 0 unspecified atom stereocenters. The topological polar surface area (TPSA) is 0 Å². The number of benzene rings is 9. The SMILES string of the molecule is c1ccc(-c2ccc3c(c2)sc2cc(-c4ccc5ccc6c(-c7cccc8ccccc78)ccc7ccc4c5c76)ccc23)cc1. The molecule has 0 aliphatic carbocycles. The molecule has 0 radical (unpaired) electrons. The summed E-state index contributed by atoms with van der Waals surface area (Å²) in [5, 5.41) is 13.1. The minimum absolute atomic E-state index is 1.26. The molecule has 0 N–H and O–H groups in total. The van der Waals surface area contributed by atoms with Crippen molar-refractivity contribution >= 4 is 74.6 Å². The van der Waals surface area contributed by atoms with Crippen LogP contribution in [0.4, 0.5) is 0 Å². The smallest absolute Gasteiger partial charge is 0.0361 e. The summed E-state index contributed by atoms with van der Waals surface area (Å²) < 4.78 is 2.66. The van der Waals surface area contributed by atoms with Crippen LogP contribution in [0.1, 0.15) is 0 Å². The van der Waals surface area contributed by atoms with Gasteiger partial charge in [0, 0.05) is 20.2 Å². The summed E-state index contributed by atoms with van der Waals surface area (Å²) in [7, 11) is 0. The highest BCUT2D eigenvalue weighted by Gasteiger charge is 2.16. The minimum Gasteiger partial charge on any atom is -0.135 e. The molecule has 9 aromatic carbocycles. The molecule has 1 heterocycles. The fraction of sp³-hybridized carbons (Fsp3) is 0. The zero-order valence-electron chi connectivity index (χ0n) is 24.4. The maximum Gasteiger partial charge on any atom is 0.0361 e. The number of rotatable bonds is 3. The lowest BCUT2D eigenvalue weighted by Crippen LogP contribution is -1.90. The fourth-order valence-corrected chi connectivity index (χ4v) is 8.69. The van der Waals surface area contributed by atoms with Crippen LogP contribution in [-0.2, 0) is 0 Å². The van der Waals surface area contributed by atoms with Gasteiger partial charge < -0.3 is 0 Å². The largest absolute Gasteiger partial charge is 0.135 e. The highest BCUT2D eigenvalue weighted by Crippen LogP contribution is 2.45. The highest BCUT2D eigenvalue weighted by atomic mass is 32.1. The van der Waals surface area contributed by atoms with Crippen LogP contribution >= 0.6 is 11.3 Å². The monoisotopic (exact) mass is 586 g/mol. The van der Waals surface area contributed by atoms with Crippen LogP contribution in [0.3, 0.4) is 0 Å². The Hall–Kier alpha value is -5.50. The van der Waals surface area contributed by atoms with Crippen molar-refractivity contribution in [1.82, 2.24) is 0 Å². The molecule has 0 saturated heterocycles. The zero-order valence-corrected chi connectivity index (χ0v) is 25.2. The second kappa shape index (κ2) is 9.50. The third-order valence-electron chi connectivity index (χ3n) is 9.64. The van der Waals surface area contributed by atoms with Gasteiger partial charge in [0.2, 0.25) is 0 Å². The molecule has 0 fully saturated rings. The Balaban J connectivity index is 1.17.